The molecule has 0 N–H and O–H groups in total. The fraction of sp³-hybridized carbons (Fsp3) is 0.235. The fourth-order valence-corrected chi connectivity index (χ4v) is 2.12. The molecular formula is C17H16ClNO2. The van der Waals surface area contributed by atoms with E-state index in [0.29, 0.717) is 18.1 Å². The number of rotatable bonds is 6. The van der Waals surface area contributed by atoms with Gasteiger partial charge in [-0.15, -0.1) is 0 Å². The third-order valence-electron chi connectivity index (χ3n) is 3.14. The number of halogens is 1. The van der Waals surface area contributed by atoms with Crippen LogP contribution in [-0.4, -0.2) is 13.7 Å². The summed E-state index contributed by atoms with van der Waals surface area (Å²) < 4.78 is 10.8. The Morgan fingerprint density at radius 2 is 1.90 bits per heavy atom. The van der Waals surface area contributed by atoms with Crippen LogP contribution in [0.1, 0.15) is 17.9 Å². The molecule has 2 aromatic carbocycles. The zero-order chi connectivity index (χ0) is 15.1. The monoisotopic (exact) mass is 301 g/mol. The zero-order valence-electron chi connectivity index (χ0n) is 11.8. The molecule has 1 atom stereocenters. The van der Waals surface area contributed by atoms with Gasteiger partial charge in [0.05, 0.1) is 25.7 Å². The lowest BCUT2D eigenvalue weighted by atomic mass is 9.97. The molecule has 0 radical (unpaired) electrons. The van der Waals surface area contributed by atoms with E-state index in [2.05, 4.69) is 6.07 Å². The molecule has 0 amide bonds. The van der Waals surface area contributed by atoms with E-state index < -0.39 is 0 Å². The van der Waals surface area contributed by atoms with Crippen LogP contribution in [0.2, 0.25) is 5.02 Å². The summed E-state index contributed by atoms with van der Waals surface area (Å²) in [5.41, 5.74) is 0.941. The molecule has 0 saturated heterocycles. The molecule has 2 aromatic rings. The van der Waals surface area contributed by atoms with Crippen molar-refractivity contribution in [2.45, 2.75) is 12.3 Å². The van der Waals surface area contributed by atoms with Gasteiger partial charge in [0, 0.05) is 11.4 Å². The molecule has 1 unspecified atom stereocenters. The smallest absolute Gasteiger partial charge is 0.119 e. The first-order valence-electron chi connectivity index (χ1n) is 6.65. The van der Waals surface area contributed by atoms with E-state index in [4.69, 9.17) is 21.1 Å². The Morgan fingerprint density at radius 1 is 1.14 bits per heavy atom. The molecule has 2 rings (SSSR count). The second-order valence-corrected chi connectivity index (χ2v) is 4.99. The van der Waals surface area contributed by atoms with Crippen molar-refractivity contribution in [1.29, 1.82) is 5.26 Å². The Morgan fingerprint density at radius 3 is 2.57 bits per heavy atom. The molecule has 0 fully saturated rings. The zero-order valence-corrected chi connectivity index (χ0v) is 12.5. The highest BCUT2D eigenvalue weighted by atomic mass is 35.5. The Balaban J connectivity index is 1.93. The SMILES string of the molecule is COc1cccc(C(C#N)CCOc2ccc(Cl)cc2)c1. The lowest BCUT2D eigenvalue weighted by Crippen LogP contribution is -2.04. The summed E-state index contributed by atoms with van der Waals surface area (Å²) in [6.45, 7) is 0.469. The van der Waals surface area contributed by atoms with Crippen LogP contribution in [0.3, 0.4) is 0 Å². The average molecular weight is 302 g/mol. The number of nitriles is 1. The summed E-state index contributed by atoms with van der Waals surface area (Å²) in [5.74, 6) is 1.29. The largest absolute Gasteiger partial charge is 0.497 e. The van der Waals surface area contributed by atoms with Crippen molar-refractivity contribution >= 4 is 11.6 Å². The molecule has 0 heterocycles. The van der Waals surface area contributed by atoms with Crippen molar-refractivity contribution in [3.8, 4) is 17.6 Å². The van der Waals surface area contributed by atoms with Crippen molar-refractivity contribution in [1.82, 2.24) is 0 Å². The molecule has 3 nitrogen and oxygen atoms in total. The van der Waals surface area contributed by atoms with Gasteiger partial charge in [0.15, 0.2) is 0 Å². The van der Waals surface area contributed by atoms with Gasteiger partial charge in [-0.3, -0.25) is 0 Å². The van der Waals surface area contributed by atoms with Crippen LogP contribution in [0, 0.1) is 11.3 Å². The molecule has 0 aliphatic heterocycles. The lowest BCUT2D eigenvalue weighted by molar-refractivity contribution is 0.306. The second-order valence-electron chi connectivity index (χ2n) is 4.55. The van der Waals surface area contributed by atoms with Crippen LogP contribution in [0.4, 0.5) is 0 Å². The van der Waals surface area contributed by atoms with E-state index in [1.807, 2.05) is 36.4 Å². The highest BCUT2D eigenvalue weighted by Gasteiger charge is 2.11. The third kappa shape index (κ3) is 4.40. The molecule has 0 spiro atoms. The summed E-state index contributed by atoms with van der Waals surface area (Å²) in [6, 6.07) is 17.1. The number of hydrogen-bond donors (Lipinski definition) is 0. The number of methoxy groups -OCH3 is 1. The quantitative estimate of drug-likeness (QED) is 0.793. The summed E-state index contributed by atoms with van der Waals surface area (Å²) >= 11 is 5.82. The molecule has 0 saturated carbocycles. The average Bonchev–Trinajstić information content (AvgIpc) is 2.53. The predicted octanol–water partition coefficient (Wildman–Crippen LogP) is 4.42. The van der Waals surface area contributed by atoms with Gasteiger partial charge in [0.25, 0.3) is 0 Å². The standard InChI is InChI=1S/C17H16ClNO2/c1-20-17-4-2-3-13(11-17)14(12-19)9-10-21-16-7-5-15(18)6-8-16/h2-8,11,14H,9-10H2,1H3. The predicted molar refractivity (Wildman–Crippen MR) is 82.9 cm³/mol. The van der Waals surface area contributed by atoms with Gasteiger partial charge >= 0.3 is 0 Å². The summed E-state index contributed by atoms with van der Waals surface area (Å²) in [7, 11) is 1.62. The maximum absolute atomic E-state index is 9.31. The molecule has 0 bridgehead atoms. The van der Waals surface area contributed by atoms with Gasteiger partial charge in [-0.05, 0) is 42.0 Å². The van der Waals surface area contributed by atoms with E-state index in [-0.39, 0.29) is 5.92 Å². The van der Waals surface area contributed by atoms with Gasteiger partial charge < -0.3 is 9.47 Å². The minimum absolute atomic E-state index is 0.215. The fourth-order valence-electron chi connectivity index (χ4n) is 1.99. The first kappa shape index (κ1) is 15.2. The maximum Gasteiger partial charge on any atom is 0.119 e. The molecular weight excluding hydrogens is 286 g/mol. The Bertz CT molecular complexity index is 619. The molecule has 108 valence electrons. The molecule has 0 aliphatic rings. The third-order valence-corrected chi connectivity index (χ3v) is 3.39. The number of ether oxygens (including phenoxy) is 2. The number of hydrogen-bond acceptors (Lipinski definition) is 3. The van der Waals surface area contributed by atoms with Crippen LogP contribution in [0.5, 0.6) is 11.5 Å². The van der Waals surface area contributed by atoms with E-state index in [1.165, 1.54) is 0 Å². The Kier molecular flexibility index (Phi) is 5.48. The van der Waals surface area contributed by atoms with Gasteiger partial charge in [0.2, 0.25) is 0 Å². The van der Waals surface area contributed by atoms with Crippen LogP contribution in [0.25, 0.3) is 0 Å². The van der Waals surface area contributed by atoms with Gasteiger partial charge in [-0.1, -0.05) is 23.7 Å². The van der Waals surface area contributed by atoms with Crippen molar-refractivity contribution < 1.29 is 9.47 Å². The van der Waals surface area contributed by atoms with Crippen molar-refractivity contribution in [3.63, 3.8) is 0 Å². The van der Waals surface area contributed by atoms with E-state index in [9.17, 15) is 5.26 Å². The number of benzene rings is 2. The Hall–Kier alpha value is -2.18. The highest BCUT2D eigenvalue weighted by molar-refractivity contribution is 6.30. The topological polar surface area (TPSA) is 42.2 Å². The van der Waals surface area contributed by atoms with Gasteiger partial charge in [0.1, 0.15) is 11.5 Å². The van der Waals surface area contributed by atoms with Crippen molar-refractivity contribution in [2.75, 3.05) is 13.7 Å². The van der Waals surface area contributed by atoms with E-state index >= 15 is 0 Å². The first-order chi connectivity index (χ1) is 10.2. The maximum atomic E-state index is 9.31. The van der Waals surface area contributed by atoms with Crippen LogP contribution in [-0.2, 0) is 0 Å². The lowest BCUT2D eigenvalue weighted by Gasteiger charge is -2.12. The summed E-state index contributed by atoms with van der Waals surface area (Å²) in [4.78, 5) is 0. The van der Waals surface area contributed by atoms with Gasteiger partial charge in [-0.2, -0.15) is 5.26 Å². The molecule has 4 heteroatoms. The minimum Gasteiger partial charge on any atom is -0.497 e. The summed E-state index contributed by atoms with van der Waals surface area (Å²) in [5, 5.41) is 9.99. The highest BCUT2D eigenvalue weighted by Crippen LogP contribution is 2.24. The van der Waals surface area contributed by atoms with Crippen LogP contribution in [0.15, 0.2) is 48.5 Å². The Labute approximate surface area is 129 Å². The normalized spacial score (nSPS) is 11.5. The van der Waals surface area contributed by atoms with E-state index in [0.717, 1.165) is 17.1 Å². The van der Waals surface area contributed by atoms with Gasteiger partial charge in [-0.25, -0.2) is 0 Å². The second kappa shape index (κ2) is 7.56. The van der Waals surface area contributed by atoms with Crippen LogP contribution >= 0.6 is 11.6 Å². The van der Waals surface area contributed by atoms with Crippen LogP contribution < -0.4 is 9.47 Å². The molecule has 21 heavy (non-hydrogen) atoms. The van der Waals surface area contributed by atoms with Crippen molar-refractivity contribution in [2.24, 2.45) is 0 Å². The number of nitrogens with zero attached hydrogens (tertiary/aromatic N) is 1. The molecule has 0 aliphatic carbocycles. The summed E-state index contributed by atoms with van der Waals surface area (Å²) in [6.07, 6.45) is 0.617. The first-order valence-corrected chi connectivity index (χ1v) is 7.02. The minimum atomic E-state index is -0.215. The molecule has 0 aromatic heterocycles. The van der Waals surface area contributed by atoms with Crippen molar-refractivity contribution in [3.05, 3.63) is 59.1 Å². The van der Waals surface area contributed by atoms with E-state index in [1.54, 1.807) is 19.2 Å².